The molecule has 5 aliphatic rings. The van der Waals surface area contributed by atoms with Gasteiger partial charge in [0.05, 0.1) is 71.1 Å². The van der Waals surface area contributed by atoms with E-state index in [0.29, 0.717) is 90.2 Å². The molecule has 5 heterocycles. The number of amides is 11. The molecule has 42 heteroatoms. The van der Waals surface area contributed by atoms with Gasteiger partial charge >= 0.3 is 0 Å². The van der Waals surface area contributed by atoms with Gasteiger partial charge in [0.1, 0.15) is 79.2 Å². The zero-order valence-corrected chi connectivity index (χ0v) is 72.0. The highest BCUT2D eigenvalue weighted by molar-refractivity contribution is 5.79. The average Bonchev–Trinajstić information content (AvgIpc) is 1.56. The predicted molar refractivity (Wildman–Crippen MR) is 436 cm³/mol. The number of rotatable bonds is 62. The van der Waals surface area contributed by atoms with Crippen molar-refractivity contribution in [3.05, 3.63) is 0 Å². The number of aliphatic hydroxyl groups is 10. The van der Waals surface area contributed by atoms with Crippen molar-refractivity contribution in [2.45, 2.75) is 304 Å². The van der Waals surface area contributed by atoms with Gasteiger partial charge in [-0.3, -0.25) is 52.7 Å². The molecule has 19 N–H and O–H groups in total. The van der Waals surface area contributed by atoms with E-state index in [-0.39, 0.29) is 197 Å². The van der Waals surface area contributed by atoms with Crippen molar-refractivity contribution >= 4 is 65.0 Å². The summed E-state index contributed by atoms with van der Waals surface area (Å²) in [4.78, 5) is 144. The first-order valence-corrected chi connectivity index (χ1v) is 43.8. The SMILES string of the molecule is COC[C@@H]1C[C@@H](O)CN1C(=O)CCCCCCCCCCC(=O)N1C[C@H](COCCC(=O)NCCCNC(=O)CCCCO[C@@H]2O[C@H](CO)[C@H](O)[C@H](O)[C@H]2NC(C)=O)[C@@H](OCCC(=O)NCCCNC(=O)CCCCO[C@@H]2O[C@H](CO)[C@H](O)[C@H](O)[C@H]2NC(C)=O)[C@H](OCCC(=O)NCCCNC(=O)CCCCO[C@@H]2O[C@H](CO)[C@H](O)[C@H](O)[C@H]2NC(C)=O)C1. The monoisotopic (exact) mass is 1770 g/mol. The van der Waals surface area contributed by atoms with Crippen molar-refractivity contribution in [2.75, 3.05) is 139 Å². The summed E-state index contributed by atoms with van der Waals surface area (Å²) in [5.74, 6) is -3.93. The number of ether oxygens (including phenoxy) is 10. The summed E-state index contributed by atoms with van der Waals surface area (Å²) in [6.45, 7) is 4.24. The number of methoxy groups -OCH3 is 1. The zero-order chi connectivity index (χ0) is 90.0. The zero-order valence-electron chi connectivity index (χ0n) is 72.0. The third-order valence-corrected chi connectivity index (χ3v) is 21.7. The van der Waals surface area contributed by atoms with Gasteiger partial charge in [-0.25, -0.2) is 0 Å². The lowest BCUT2D eigenvalue weighted by atomic mass is 9.92. The van der Waals surface area contributed by atoms with Crippen molar-refractivity contribution in [3.8, 4) is 0 Å². The van der Waals surface area contributed by atoms with Crippen LogP contribution in [0.15, 0.2) is 0 Å². The Bertz CT molecular complexity index is 3110. The molecule has 0 aromatic heterocycles. The minimum absolute atomic E-state index is 0.00940. The Morgan fingerprint density at radius 2 is 0.699 bits per heavy atom. The van der Waals surface area contributed by atoms with E-state index in [2.05, 4.69) is 47.9 Å². The van der Waals surface area contributed by atoms with Crippen LogP contribution in [-0.4, -0.2) is 381 Å². The number of likely N-dealkylation sites (tertiary alicyclic amines) is 2. The first kappa shape index (κ1) is 107. The minimum atomic E-state index is -1.46. The van der Waals surface area contributed by atoms with Crippen LogP contribution in [-0.2, 0) is 100 Å². The Morgan fingerprint density at radius 1 is 0.358 bits per heavy atom. The largest absolute Gasteiger partial charge is 0.394 e. The number of carbonyl (C=O) groups excluding carboxylic acids is 11. The Morgan fingerprint density at radius 3 is 1.07 bits per heavy atom. The van der Waals surface area contributed by atoms with Crippen molar-refractivity contribution in [2.24, 2.45) is 5.92 Å². The highest BCUT2D eigenvalue weighted by Gasteiger charge is 2.49. The number of nitrogens with one attached hydrogen (secondary N) is 9. The van der Waals surface area contributed by atoms with Crippen LogP contribution in [0.25, 0.3) is 0 Å². The van der Waals surface area contributed by atoms with E-state index in [1.807, 2.05) is 0 Å². The van der Waals surface area contributed by atoms with Crippen molar-refractivity contribution in [1.29, 1.82) is 0 Å². The highest BCUT2D eigenvalue weighted by Crippen LogP contribution is 2.29. The smallest absolute Gasteiger partial charge is 0.222 e. The Balaban J connectivity index is 1.12. The fraction of sp³-hybridized carbons (Fsp3) is 0.864. The van der Waals surface area contributed by atoms with E-state index in [0.717, 1.165) is 44.9 Å². The third-order valence-electron chi connectivity index (χ3n) is 21.7. The first-order valence-electron chi connectivity index (χ1n) is 43.8. The minimum Gasteiger partial charge on any atom is -0.394 e. The molecule has 0 unspecified atom stereocenters. The van der Waals surface area contributed by atoms with Crippen LogP contribution < -0.4 is 47.9 Å². The van der Waals surface area contributed by atoms with Crippen LogP contribution in [0.4, 0.5) is 0 Å². The van der Waals surface area contributed by atoms with Crippen molar-refractivity contribution < 1.29 is 151 Å². The molecule has 5 fully saturated rings. The van der Waals surface area contributed by atoms with E-state index < -0.39 is 154 Å². The summed E-state index contributed by atoms with van der Waals surface area (Å²) >= 11 is 0. The van der Waals surface area contributed by atoms with Crippen LogP contribution in [0.1, 0.15) is 188 Å². The van der Waals surface area contributed by atoms with Gasteiger partial charge in [0, 0.05) is 164 Å². The lowest BCUT2D eigenvalue weighted by molar-refractivity contribution is -0.270. The van der Waals surface area contributed by atoms with Crippen LogP contribution >= 0.6 is 0 Å². The Labute approximate surface area is 719 Å². The van der Waals surface area contributed by atoms with Gasteiger partial charge in [-0.2, -0.15) is 0 Å². The molecule has 20 atom stereocenters. The standard InChI is InChI=1S/C81H143N11O31/c1-51(96)88-69-75(111)72(108)58(46-93)121-79(69)118-36-16-13-22-61(100)82-30-19-33-85-64(103)27-39-115-49-54-43-91(67(106)25-11-9-7-5-6-8-10-12-26-68(107)92-44-56(99)42-55(92)50-114-4)45-57(116-40-28-65(104)86-34-20-31-83-62(101)23-14-17-37-119-80-70(89-52(2)97)76(112)73(109)59(47-94)122-80)78(54)117-41-29-66(105)87-35-21-32-84-63(102)24-15-18-38-120-81-71(90-53(3)98)77(113)74(110)60(48-95)123-81/h54-60,69-81,93-95,99,108-113H,5-50H2,1-4H3,(H,82,100)(H,83,101)(H,84,102)(H,85,103)(H,86,104)(H,87,105)(H,88,96)(H,89,97)(H,90,98)/t54-,55+,56-,57-,58-,59-,60-,69-,70-,71-,72+,73+,74+,75-,76-,77-,78-,79-,80-,81-/m1/s1. The molecule has 0 aromatic carbocycles. The quantitative estimate of drug-likeness (QED) is 0.0254. The molecule has 0 saturated carbocycles. The fourth-order valence-electron chi connectivity index (χ4n) is 15.0. The number of hydrogen-bond donors (Lipinski definition) is 19. The lowest BCUT2D eigenvalue weighted by Crippen LogP contribution is -2.64. The van der Waals surface area contributed by atoms with Crippen molar-refractivity contribution in [3.63, 3.8) is 0 Å². The van der Waals surface area contributed by atoms with Crippen LogP contribution in [0, 0.1) is 5.92 Å². The maximum Gasteiger partial charge on any atom is 0.222 e. The number of carbonyl (C=O) groups is 11. The summed E-state index contributed by atoms with van der Waals surface area (Å²) in [7, 11) is 1.58. The van der Waals surface area contributed by atoms with Crippen LogP contribution in [0.3, 0.4) is 0 Å². The Kier molecular flexibility index (Phi) is 53.0. The molecule has 0 aromatic rings. The number of β-amino-alcohol motifs (C(OH)–C–C–N with tert-alkyl or cyclic N) is 1. The van der Waals surface area contributed by atoms with E-state index >= 15 is 0 Å². The molecule has 11 amide bonds. The lowest BCUT2D eigenvalue weighted by Gasteiger charge is -2.43. The molecule has 0 bridgehead atoms. The number of unbranched alkanes of at least 4 members (excludes halogenated alkanes) is 10. The second-order valence-corrected chi connectivity index (χ2v) is 31.9. The van der Waals surface area contributed by atoms with Gasteiger partial charge in [-0.05, 0) is 77.0 Å². The molecule has 0 spiro atoms. The number of piperidine rings is 1. The third kappa shape index (κ3) is 40.9. The van der Waals surface area contributed by atoms with Crippen LogP contribution in [0.5, 0.6) is 0 Å². The molecule has 708 valence electrons. The van der Waals surface area contributed by atoms with Gasteiger partial charge in [0.15, 0.2) is 18.9 Å². The summed E-state index contributed by atoms with van der Waals surface area (Å²) in [5, 5.41) is 126. The predicted octanol–water partition coefficient (Wildman–Crippen LogP) is -4.83. The normalized spacial score (nSPS) is 27.0. The van der Waals surface area contributed by atoms with E-state index in [9.17, 15) is 104 Å². The molecule has 42 nitrogen and oxygen atoms in total. The summed E-state index contributed by atoms with van der Waals surface area (Å²) in [6.07, 6.45) is -6.13. The maximum atomic E-state index is 14.3. The molecular weight excluding hydrogens is 1620 g/mol. The summed E-state index contributed by atoms with van der Waals surface area (Å²) in [6, 6.07) is -3.41. The second-order valence-electron chi connectivity index (χ2n) is 31.9. The summed E-state index contributed by atoms with van der Waals surface area (Å²) < 4.78 is 58.4. The molecule has 5 aliphatic heterocycles. The second kappa shape index (κ2) is 60.9. The molecule has 123 heavy (non-hydrogen) atoms. The molecule has 0 radical (unpaired) electrons. The first-order chi connectivity index (χ1) is 59.1. The molecule has 5 saturated heterocycles. The Hall–Kier alpha value is -6.63. The number of aliphatic hydroxyl groups excluding tert-OH is 10. The molecule has 5 rings (SSSR count). The van der Waals surface area contributed by atoms with Gasteiger partial charge in [-0.15, -0.1) is 0 Å². The van der Waals surface area contributed by atoms with E-state index in [4.69, 9.17) is 47.4 Å². The highest BCUT2D eigenvalue weighted by atomic mass is 16.7. The van der Waals surface area contributed by atoms with Crippen LogP contribution in [0.2, 0.25) is 0 Å². The maximum absolute atomic E-state index is 14.3. The van der Waals surface area contributed by atoms with Gasteiger partial charge < -0.3 is 156 Å². The topological polar surface area (TPSA) is 597 Å². The number of nitrogens with zero attached hydrogens (tertiary/aromatic N) is 2. The number of hydrogen-bond acceptors (Lipinski definition) is 31. The summed E-state index contributed by atoms with van der Waals surface area (Å²) in [5.41, 5.74) is 0. The average molecular weight is 1770 g/mol. The molecular formula is C81H143N11O31. The van der Waals surface area contributed by atoms with E-state index in [1.54, 1.807) is 16.9 Å². The molecule has 0 aliphatic carbocycles. The van der Waals surface area contributed by atoms with E-state index in [1.165, 1.54) is 20.8 Å². The van der Waals surface area contributed by atoms with Gasteiger partial charge in [0.2, 0.25) is 65.0 Å². The van der Waals surface area contributed by atoms with Gasteiger partial charge in [0.25, 0.3) is 0 Å². The van der Waals surface area contributed by atoms with Gasteiger partial charge in [-0.1, -0.05) is 38.5 Å². The van der Waals surface area contributed by atoms with Crippen molar-refractivity contribution in [1.82, 2.24) is 57.7 Å². The fourth-order valence-corrected chi connectivity index (χ4v) is 15.0.